The molecule has 3 heteroatoms. The summed E-state index contributed by atoms with van der Waals surface area (Å²) in [5.41, 5.74) is 7.41. The molecule has 0 saturated carbocycles. The Labute approximate surface area is 115 Å². The normalized spacial score (nSPS) is 18.7. The zero-order valence-electron chi connectivity index (χ0n) is 11.2. The Balaban J connectivity index is 0.000000199. The Morgan fingerprint density at radius 1 is 1.28 bits per heavy atom. The Hall–Kier alpha value is -1.35. The van der Waals surface area contributed by atoms with Gasteiger partial charge in [-0.05, 0) is 41.5 Å². The van der Waals surface area contributed by atoms with Crippen molar-refractivity contribution in [3.63, 3.8) is 0 Å². The Morgan fingerprint density at radius 3 is 2.28 bits per heavy atom. The van der Waals surface area contributed by atoms with Gasteiger partial charge in [-0.25, -0.2) is 0 Å². The van der Waals surface area contributed by atoms with E-state index in [0.717, 1.165) is 17.9 Å². The molecule has 1 aromatic rings. The maximum absolute atomic E-state index is 5.36. The second kappa shape index (κ2) is 7.17. The van der Waals surface area contributed by atoms with Gasteiger partial charge in [-0.3, -0.25) is 0 Å². The van der Waals surface area contributed by atoms with Crippen molar-refractivity contribution in [1.82, 2.24) is 0 Å². The first-order chi connectivity index (χ1) is 8.54. The van der Waals surface area contributed by atoms with Crippen LogP contribution in [0.3, 0.4) is 0 Å². The van der Waals surface area contributed by atoms with Crippen LogP contribution in [0.4, 0.5) is 5.69 Å². The molecule has 1 aromatic carbocycles. The molecule has 0 saturated heterocycles. The summed E-state index contributed by atoms with van der Waals surface area (Å²) in [6.45, 7) is 4.23. The van der Waals surface area contributed by atoms with Gasteiger partial charge >= 0.3 is 0 Å². The number of thiol groups is 1. The standard InChI is InChI=1S/C9H14OS.C6H7N/c1-6-4-8(10-3)5-7(2)9(6)11;7-6-4-2-1-3-5-6/h4,7,11H,5H2,1-3H3;1-5H,7H2. The molecule has 98 valence electrons. The third-order valence-corrected chi connectivity index (χ3v) is 3.61. The molecule has 0 bridgehead atoms. The van der Waals surface area contributed by atoms with Gasteiger partial charge in [0.1, 0.15) is 0 Å². The van der Waals surface area contributed by atoms with Crippen LogP contribution in [0.25, 0.3) is 0 Å². The van der Waals surface area contributed by atoms with Crippen molar-refractivity contribution in [2.75, 3.05) is 12.8 Å². The van der Waals surface area contributed by atoms with Gasteiger partial charge in [0.25, 0.3) is 0 Å². The summed E-state index contributed by atoms with van der Waals surface area (Å²) in [6.07, 6.45) is 3.04. The number of nitrogen functional groups attached to an aromatic ring is 1. The first-order valence-electron chi connectivity index (χ1n) is 5.99. The zero-order valence-corrected chi connectivity index (χ0v) is 12.1. The molecule has 2 nitrogen and oxygen atoms in total. The molecule has 1 aliphatic carbocycles. The van der Waals surface area contributed by atoms with E-state index < -0.39 is 0 Å². The van der Waals surface area contributed by atoms with Crippen LogP contribution in [0, 0.1) is 5.92 Å². The van der Waals surface area contributed by atoms with Gasteiger partial charge in [-0.1, -0.05) is 25.1 Å². The highest BCUT2D eigenvalue weighted by Gasteiger charge is 2.15. The Kier molecular flexibility index (Phi) is 5.86. The molecule has 0 fully saturated rings. The highest BCUT2D eigenvalue weighted by molar-refractivity contribution is 7.84. The van der Waals surface area contributed by atoms with E-state index in [0.29, 0.717) is 5.92 Å². The van der Waals surface area contributed by atoms with Gasteiger partial charge in [0.05, 0.1) is 12.9 Å². The minimum atomic E-state index is 0.512. The van der Waals surface area contributed by atoms with Crippen molar-refractivity contribution in [2.45, 2.75) is 20.3 Å². The topological polar surface area (TPSA) is 35.2 Å². The van der Waals surface area contributed by atoms with Crippen LogP contribution in [0.1, 0.15) is 20.3 Å². The zero-order chi connectivity index (χ0) is 13.5. The number of anilines is 1. The van der Waals surface area contributed by atoms with Crippen LogP contribution in [0.2, 0.25) is 0 Å². The van der Waals surface area contributed by atoms with E-state index >= 15 is 0 Å². The molecule has 0 amide bonds. The lowest BCUT2D eigenvalue weighted by Gasteiger charge is -2.20. The van der Waals surface area contributed by atoms with E-state index in [4.69, 9.17) is 10.5 Å². The third-order valence-electron chi connectivity index (χ3n) is 2.82. The first-order valence-corrected chi connectivity index (χ1v) is 6.44. The molecule has 0 radical (unpaired) electrons. The highest BCUT2D eigenvalue weighted by Crippen LogP contribution is 2.31. The van der Waals surface area contributed by atoms with Crippen LogP contribution in [0.15, 0.2) is 52.6 Å². The fraction of sp³-hybridized carbons (Fsp3) is 0.333. The van der Waals surface area contributed by atoms with Crippen molar-refractivity contribution in [1.29, 1.82) is 0 Å². The summed E-state index contributed by atoms with van der Waals surface area (Å²) >= 11 is 4.41. The molecule has 1 aliphatic rings. The highest BCUT2D eigenvalue weighted by atomic mass is 32.1. The van der Waals surface area contributed by atoms with Gasteiger partial charge in [-0.2, -0.15) is 0 Å². The van der Waals surface area contributed by atoms with Crippen molar-refractivity contribution in [3.05, 3.63) is 52.6 Å². The number of benzene rings is 1. The number of allylic oxidation sites excluding steroid dienone is 4. The average molecular weight is 263 g/mol. The maximum Gasteiger partial charge on any atom is 0.0964 e. The number of hydrogen-bond acceptors (Lipinski definition) is 3. The molecule has 0 spiro atoms. The Morgan fingerprint density at radius 2 is 1.89 bits per heavy atom. The molecule has 0 aromatic heterocycles. The minimum Gasteiger partial charge on any atom is -0.501 e. The quantitative estimate of drug-likeness (QED) is 0.592. The van der Waals surface area contributed by atoms with Crippen molar-refractivity contribution >= 4 is 18.3 Å². The van der Waals surface area contributed by atoms with Gasteiger partial charge < -0.3 is 10.5 Å². The Bertz CT molecular complexity index is 437. The smallest absolute Gasteiger partial charge is 0.0964 e. The molecule has 0 aliphatic heterocycles. The fourth-order valence-corrected chi connectivity index (χ4v) is 1.91. The molecular weight excluding hydrogens is 242 g/mol. The summed E-state index contributed by atoms with van der Waals surface area (Å²) in [5.74, 6) is 1.58. The molecule has 1 atom stereocenters. The number of rotatable bonds is 1. The molecule has 18 heavy (non-hydrogen) atoms. The second-order valence-electron chi connectivity index (χ2n) is 4.40. The van der Waals surface area contributed by atoms with Gasteiger partial charge in [0, 0.05) is 12.1 Å². The average Bonchev–Trinajstić information content (AvgIpc) is 2.37. The monoisotopic (exact) mass is 263 g/mol. The summed E-state index contributed by atoms with van der Waals surface area (Å²) in [6, 6.07) is 9.49. The van der Waals surface area contributed by atoms with Crippen LogP contribution in [-0.4, -0.2) is 7.11 Å². The summed E-state index contributed by atoms with van der Waals surface area (Å²) in [5, 5.41) is 0. The second-order valence-corrected chi connectivity index (χ2v) is 4.88. The fourth-order valence-electron chi connectivity index (χ4n) is 1.76. The van der Waals surface area contributed by atoms with Gasteiger partial charge in [0.15, 0.2) is 0 Å². The number of methoxy groups -OCH3 is 1. The van der Waals surface area contributed by atoms with Gasteiger partial charge in [0.2, 0.25) is 0 Å². The summed E-state index contributed by atoms with van der Waals surface area (Å²) in [7, 11) is 1.72. The number of nitrogens with two attached hydrogens (primary N) is 1. The third kappa shape index (κ3) is 4.49. The van der Waals surface area contributed by atoms with Crippen molar-refractivity contribution in [2.24, 2.45) is 5.92 Å². The SMILES string of the molecule is COC1=CC(C)=C(S)C(C)C1.Nc1ccccc1. The number of ether oxygens (including phenoxy) is 1. The first kappa shape index (κ1) is 14.7. The van der Waals surface area contributed by atoms with Crippen molar-refractivity contribution < 1.29 is 4.74 Å². The van der Waals surface area contributed by atoms with Crippen LogP contribution in [-0.2, 0) is 4.74 Å². The molecule has 2 rings (SSSR count). The number of para-hydroxylation sites is 1. The lowest BCUT2D eigenvalue weighted by atomic mass is 9.97. The predicted molar refractivity (Wildman–Crippen MR) is 81.4 cm³/mol. The summed E-state index contributed by atoms with van der Waals surface area (Å²) in [4.78, 5) is 1.19. The lowest BCUT2D eigenvalue weighted by Crippen LogP contribution is -2.05. The minimum absolute atomic E-state index is 0.512. The van der Waals surface area contributed by atoms with E-state index in [1.54, 1.807) is 7.11 Å². The number of hydrogen-bond donors (Lipinski definition) is 2. The maximum atomic E-state index is 5.36. The molecule has 1 unspecified atom stereocenters. The van der Waals surface area contributed by atoms with Crippen LogP contribution < -0.4 is 5.73 Å². The largest absolute Gasteiger partial charge is 0.501 e. The van der Waals surface area contributed by atoms with Crippen LogP contribution >= 0.6 is 12.6 Å². The van der Waals surface area contributed by atoms with E-state index in [9.17, 15) is 0 Å². The van der Waals surface area contributed by atoms with Crippen LogP contribution in [0.5, 0.6) is 0 Å². The predicted octanol–water partition coefficient (Wildman–Crippen LogP) is 4.03. The van der Waals surface area contributed by atoms with Gasteiger partial charge in [-0.15, -0.1) is 12.6 Å². The van der Waals surface area contributed by atoms with E-state index in [2.05, 4.69) is 32.6 Å². The summed E-state index contributed by atoms with van der Waals surface area (Å²) < 4.78 is 5.17. The molecule has 2 N–H and O–H groups in total. The van der Waals surface area contributed by atoms with E-state index in [1.807, 2.05) is 30.3 Å². The lowest BCUT2D eigenvalue weighted by molar-refractivity contribution is 0.266. The van der Waals surface area contributed by atoms with E-state index in [1.165, 1.54) is 10.5 Å². The van der Waals surface area contributed by atoms with E-state index in [-0.39, 0.29) is 0 Å². The van der Waals surface area contributed by atoms with Crippen molar-refractivity contribution in [3.8, 4) is 0 Å². The molecule has 0 heterocycles. The molecular formula is C15H21NOS.